The molecule has 326 valence electrons. The molecule has 0 radical (unpaired) electrons. The number of aromatic nitrogens is 2. The van der Waals surface area contributed by atoms with Crippen LogP contribution in [0.15, 0.2) is 103 Å². The minimum atomic E-state index is -0.155. The molecule has 0 saturated heterocycles. The molecule has 2 aromatic heterocycles. The van der Waals surface area contributed by atoms with E-state index in [9.17, 15) is 0 Å². The summed E-state index contributed by atoms with van der Waals surface area (Å²) in [6.45, 7) is 36.2. The van der Waals surface area contributed by atoms with E-state index in [4.69, 9.17) is 9.72 Å². The molecule has 0 bridgehead atoms. The van der Waals surface area contributed by atoms with E-state index in [1.807, 2.05) is 12.3 Å². The topological polar surface area (TPSA) is 33.5 Å². The Morgan fingerprint density at radius 2 is 1.05 bits per heavy atom. The van der Waals surface area contributed by atoms with Gasteiger partial charge in [-0.1, -0.05) is 140 Å². The summed E-state index contributed by atoms with van der Waals surface area (Å²) in [7, 11) is 0. The molecule has 0 N–H and O–H groups in total. The fraction of sp³-hybridized carbons (Fsp3) is 0.357. The molecule has 0 spiro atoms. The van der Waals surface area contributed by atoms with Crippen LogP contribution in [0.2, 0.25) is 0 Å². The molecule has 5 nitrogen and oxygen atoms in total. The summed E-state index contributed by atoms with van der Waals surface area (Å²) in [6.07, 6.45) is 1.93. The summed E-state index contributed by atoms with van der Waals surface area (Å²) in [4.78, 5) is 9.54. The zero-order valence-electron chi connectivity index (χ0n) is 39.4. The van der Waals surface area contributed by atoms with Crippen LogP contribution in [0, 0.1) is 18.8 Å². The average Bonchev–Trinajstić information content (AvgIpc) is 3.72. The van der Waals surface area contributed by atoms with Gasteiger partial charge in [-0.3, -0.25) is 0 Å². The molecule has 5 aromatic carbocycles. The Labute approximate surface area is 385 Å². The van der Waals surface area contributed by atoms with E-state index in [-0.39, 0.29) is 48.1 Å². The molecule has 7 aromatic rings. The van der Waals surface area contributed by atoms with Crippen LogP contribution in [-0.2, 0) is 48.1 Å². The van der Waals surface area contributed by atoms with Gasteiger partial charge in [0.05, 0.1) is 0 Å². The maximum Gasteiger partial charge on any atom is 0.135 e. The number of hydrogen-bond donors (Lipinski definition) is 0. The summed E-state index contributed by atoms with van der Waals surface area (Å²) in [6, 6.07) is 42.9. The maximum absolute atomic E-state index is 6.87. The van der Waals surface area contributed by atoms with Gasteiger partial charge in [-0.25, -0.2) is 4.98 Å². The van der Waals surface area contributed by atoms with Gasteiger partial charge in [0.15, 0.2) is 0 Å². The molecule has 0 unspecified atom stereocenters. The van der Waals surface area contributed by atoms with Gasteiger partial charge in [0.25, 0.3) is 0 Å². The number of rotatable bonds is 5. The summed E-state index contributed by atoms with van der Waals surface area (Å²) < 4.78 is 9.13. The number of ether oxygens (including phenoxy) is 1. The minimum Gasteiger partial charge on any atom is -0.509 e. The SMILES string of the molecule is CC(C)(C)c1cc(Oc2[c-]c3c(cc2)c2ccc(C(C)(C)C)cc2n3-c2cc(C(C)(C)C)ccn2)[c-]c(N2[CH-]N(c3cc(C(C)(C)C)cc(C(C)(C)C)c3)c3ccccc32)c1.[Pt]. The number of nitrogens with zero attached hydrogens (tertiary/aromatic N) is 4. The molecule has 0 fully saturated rings. The Hall–Kier alpha value is -4.86. The van der Waals surface area contributed by atoms with Crippen LogP contribution in [-0.4, -0.2) is 9.55 Å². The molecule has 1 aliphatic rings. The number of para-hydroxylation sites is 2. The van der Waals surface area contributed by atoms with Gasteiger partial charge in [0.2, 0.25) is 0 Å². The van der Waals surface area contributed by atoms with E-state index in [0.29, 0.717) is 11.5 Å². The van der Waals surface area contributed by atoms with E-state index in [0.717, 1.165) is 55.9 Å². The van der Waals surface area contributed by atoms with E-state index in [1.165, 1.54) is 22.3 Å². The van der Waals surface area contributed by atoms with Crippen molar-refractivity contribution in [3.63, 3.8) is 0 Å². The molecular weight excluding hydrogens is 940 g/mol. The van der Waals surface area contributed by atoms with E-state index in [2.05, 4.69) is 228 Å². The Bertz CT molecular complexity index is 2760. The van der Waals surface area contributed by atoms with Gasteiger partial charge < -0.3 is 19.1 Å². The fourth-order valence-electron chi connectivity index (χ4n) is 8.08. The van der Waals surface area contributed by atoms with Gasteiger partial charge in [0, 0.05) is 61.3 Å². The number of hydrogen-bond acceptors (Lipinski definition) is 4. The Morgan fingerprint density at radius 3 is 1.65 bits per heavy atom. The van der Waals surface area contributed by atoms with Crippen molar-refractivity contribution < 1.29 is 25.8 Å². The predicted molar refractivity (Wildman–Crippen MR) is 258 cm³/mol. The molecule has 0 saturated carbocycles. The van der Waals surface area contributed by atoms with Gasteiger partial charge in [-0.05, 0) is 97.2 Å². The van der Waals surface area contributed by atoms with Crippen molar-refractivity contribution in [1.29, 1.82) is 0 Å². The summed E-state index contributed by atoms with van der Waals surface area (Å²) in [5, 5.41) is 2.26. The fourth-order valence-corrected chi connectivity index (χ4v) is 8.08. The van der Waals surface area contributed by atoms with E-state index in [1.54, 1.807) is 0 Å². The zero-order valence-corrected chi connectivity index (χ0v) is 41.7. The first-order valence-corrected chi connectivity index (χ1v) is 21.8. The van der Waals surface area contributed by atoms with E-state index >= 15 is 0 Å². The van der Waals surface area contributed by atoms with Crippen molar-refractivity contribution in [3.8, 4) is 17.3 Å². The Kier molecular flexibility index (Phi) is 11.5. The second-order valence-corrected chi connectivity index (χ2v) is 22.1. The molecule has 0 aliphatic carbocycles. The van der Waals surface area contributed by atoms with Crippen LogP contribution in [0.3, 0.4) is 0 Å². The third-order valence-corrected chi connectivity index (χ3v) is 12.1. The molecule has 62 heavy (non-hydrogen) atoms. The Balaban J connectivity index is 0.00000578. The predicted octanol–water partition coefficient (Wildman–Crippen LogP) is 15.5. The third kappa shape index (κ3) is 8.72. The number of benzene rings is 5. The largest absolute Gasteiger partial charge is 0.509 e. The van der Waals surface area contributed by atoms with Crippen molar-refractivity contribution >= 4 is 44.6 Å². The van der Waals surface area contributed by atoms with Crippen LogP contribution >= 0.6 is 0 Å². The van der Waals surface area contributed by atoms with Crippen molar-refractivity contribution in [2.45, 2.75) is 131 Å². The first-order chi connectivity index (χ1) is 28.4. The van der Waals surface area contributed by atoms with Gasteiger partial charge >= 0.3 is 0 Å². The van der Waals surface area contributed by atoms with Gasteiger partial charge in [-0.2, -0.15) is 6.07 Å². The smallest absolute Gasteiger partial charge is 0.135 e. The average molecular weight is 1000 g/mol. The standard InChI is InChI=1S/C56H63N4O.Pt/c1-52(2,3)36-20-22-45-46-23-21-43(34-50(46)60(49(45)31-36)51-32-37(24-25-57-51)53(4,5)6)61-44-30-40(56(13,14)15)29-42(33-44)59-35-58(47-18-16-17-19-48(47)59)41-27-38(54(7,8)9)26-39(28-41)55(10,11)12;/h16-32,35H,1-15H3;/q-3;. The first-order valence-electron chi connectivity index (χ1n) is 21.8. The number of fused-ring (bicyclic) bond motifs is 4. The van der Waals surface area contributed by atoms with Crippen LogP contribution in [0.25, 0.3) is 27.6 Å². The molecule has 0 amide bonds. The summed E-state index contributed by atoms with van der Waals surface area (Å²) in [5.74, 6) is 2.12. The zero-order chi connectivity index (χ0) is 44.0. The molecule has 1 aliphatic heterocycles. The molecule has 0 atom stereocenters. The molecular formula is C56H63N4OPt-3. The quantitative estimate of drug-likeness (QED) is 0.161. The molecule has 8 rings (SSSR count). The first kappa shape index (κ1) is 45.2. The Morgan fingerprint density at radius 1 is 0.500 bits per heavy atom. The second kappa shape index (κ2) is 15.7. The minimum absolute atomic E-state index is 0. The molecule has 3 heterocycles. The number of anilines is 4. The van der Waals surface area contributed by atoms with Crippen molar-refractivity contribution in [3.05, 3.63) is 150 Å². The third-order valence-electron chi connectivity index (χ3n) is 12.1. The van der Waals surface area contributed by atoms with Crippen molar-refractivity contribution in [2.24, 2.45) is 0 Å². The molecule has 6 heteroatoms. The maximum atomic E-state index is 6.87. The summed E-state index contributed by atoms with van der Waals surface area (Å²) in [5.41, 5.74) is 12.3. The number of pyridine rings is 1. The van der Waals surface area contributed by atoms with Crippen molar-refractivity contribution in [1.82, 2.24) is 9.55 Å². The monoisotopic (exact) mass is 1000 g/mol. The van der Waals surface area contributed by atoms with E-state index < -0.39 is 0 Å². The van der Waals surface area contributed by atoms with Crippen LogP contribution < -0.4 is 14.5 Å². The van der Waals surface area contributed by atoms with Crippen LogP contribution in [0.5, 0.6) is 11.5 Å². The second-order valence-electron chi connectivity index (χ2n) is 22.1. The normalized spacial score (nSPS) is 13.8. The van der Waals surface area contributed by atoms with Gasteiger partial charge in [0.1, 0.15) is 5.82 Å². The van der Waals surface area contributed by atoms with Crippen LogP contribution in [0.4, 0.5) is 22.7 Å². The van der Waals surface area contributed by atoms with Gasteiger partial charge in [-0.15, -0.1) is 53.6 Å². The van der Waals surface area contributed by atoms with Crippen molar-refractivity contribution in [2.75, 3.05) is 9.80 Å². The van der Waals surface area contributed by atoms with Crippen LogP contribution in [0.1, 0.15) is 132 Å². The summed E-state index contributed by atoms with van der Waals surface area (Å²) >= 11 is 0.